The summed E-state index contributed by atoms with van der Waals surface area (Å²) in [5, 5.41) is 6.78. The topological polar surface area (TPSA) is 45.7 Å². The van der Waals surface area contributed by atoms with Gasteiger partial charge in [0.2, 0.25) is 0 Å². The van der Waals surface area contributed by atoms with Gasteiger partial charge in [0, 0.05) is 27.3 Å². The molecule has 1 aromatic carbocycles. The molecule has 0 bridgehead atoms. The zero-order chi connectivity index (χ0) is 17.6. The Morgan fingerprint density at radius 1 is 1.42 bits per heavy atom. The van der Waals surface area contributed by atoms with E-state index in [4.69, 9.17) is 4.74 Å². The molecule has 1 atom stereocenters. The van der Waals surface area contributed by atoms with Crippen LogP contribution in [0.3, 0.4) is 0 Å². The number of halogens is 1. The number of aryl methyl sites for hydroxylation is 1. The second kappa shape index (κ2) is 8.47. The molecule has 134 valence electrons. The summed E-state index contributed by atoms with van der Waals surface area (Å²) in [5.74, 6) is 0.587. The van der Waals surface area contributed by atoms with E-state index in [-0.39, 0.29) is 11.9 Å². The predicted octanol–water partition coefficient (Wildman–Crippen LogP) is 3.57. The van der Waals surface area contributed by atoms with Crippen molar-refractivity contribution >= 4 is 5.96 Å². The van der Waals surface area contributed by atoms with Crippen LogP contribution in [-0.2, 0) is 4.74 Å². The van der Waals surface area contributed by atoms with Crippen molar-refractivity contribution in [2.75, 3.05) is 27.3 Å². The van der Waals surface area contributed by atoms with E-state index in [1.54, 1.807) is 27.1 Å². The van der Waals surface area contributed by atoms with Crippen LogP contribution in [0.5, 0.6) is 0 Å². The number of hydrogen-bond donors (Lipinski definition) is 2. The molecule has 1 aliphatic carbocycles. The summed E-state index contributed by atoms with van der Waals surface area (Å²) in [6.45, 7) is 5.48. The van der Waals surface area contributed by atoms with Gasteiger partial charge in [-0.25, -0.2) is 4.39 Å². The number of hydrogen-bond acceptors (Lipinski definition) is 2. The summed E-state index contributed by atoms with van der Waals surface area (Å²) in [6.07, 6.45) is 4.83. The lowest BCUT2D eigenvalue weighted by molar-refractivity contribution is 0.0732. The fourth-order valence-corrected chi connectivity index (χ4v) is 3.14. The van der Waals surface area contributed by atoms with Crippen LogP contribution < -0.4 is 10.6 Å². The van der Waals surface area contributed by atoms with E-state index in [1.807, 2.05) is 19.1 Å². The van der Waals surface area contributed by atoms with Gasteiger partial charge in [0.1, 0.15) is 5.82 Å². The van der Waals surface area contributed by atoms with E-state index in [2.05, 4.69) is 15.6 Å². The third-order valence-corrected chi connectivity index (χ3v) is 5.15. The van der Waals surface area contributed by atoms with Crippen molar-refractivity contribution < 1.29 is 9.13 Å². The van der Waals surface area contributed by atoms with Crippen molar-refractivity contribution in [2.45, 2.75) is 45.6 Å². The molecule has 1 unspecified atom stereocenters. The average molecular weight is 335 g/mol. The highest BCUT2D eigenvalue weighted by Gasteiger charge is 2.36. The molecular weight excluding hydrogens is 305 g/mol. The largest absolute Gasteiger partial charge is 0.385 e. The molecule has 0 radical (unpaired) electrons. The first kappa shape index (κ1) is 18.7. The van der Waals surface area contributed by atoms with Crippen molar-refractivity contribution in [1.29, 1.82) is 0 Å². The van der Waals surface area contributed by atoms with Crippen LogP contribution in [0.4, 0.5) is 4.39 Å². The number of ether oxygens (including phenoxy) is 1. The van der Waals surface area contributed by atoms with Crippen LogP contribution in [0.2, 0.25) is 0 Å². The van der Waals surface area contributed by atoms with Gasteiger partial charge in [0.05, 0.1) is 6.04 Å². The second-order valence-corrected chi connectivity index (χ2v) is 6.90. The Morgan fingerprint density at radius 2 is 2.17 bits per heavy atom. The van der Waals surface area contributed by atoms with Gasteiger partial charge in [-0.15, -0.1) is 0 Å². The van der Waals surface area contributed by atoms with Crippen LogP contribution in [0.15, 0.2) is 23.2 Å². The maximum atomic E-state index is 13.7. The molecule has 1 saturated carbocycles. The van der Waals surface area contributed by atoms with Gasteiger partial charge >= 0.3 is 0 Å². The smallest absolute Gasteiger partial charge is 0.191 e. The van der Waals surface area contributed by atoms with Crippen molar-refractivity contribution in [1.82, 2.24) is 10.6 Å². The number of methoxy groups -OCH3 is 1. The minimum Gasteiger partial charge on any atom is -0.385 e. The molecule has 1 aromatic rings. The molecule has 0 heterocycles. The Hall–Kier alpha value is -1.62. The molecule has 0 saturated heterocycles. The summed E-state index contributed by atoms with van der Waals surface area (Å²) in [6, 6.07) is 5.34. The molecule has 1 fully saturated rings. The summed E-state index contributed by atoms with van der Waals surface area (Å²) < 4.78 is 19.0. The Morgan fingerprint density at radius 3 is 2.71 bits per heavy atom. The molecule has 2 rings (SSSR count). The van der Waals surface area contributed by atoms with Gasteiger partial charge in [-0.1, -0.05) is 18.6 Å². The van der Waals surface area contributed by atoms with E-state index >= 15 is 0 Å². The van der Waals surface area contributed by atoms with Crippen LogP contribution in [0.25, 0.3) is 0 Å². The van der Waals surface area contributed by atoms with Gasteiger partial charge < -0.3 is 15.4 Å². The number of rotatable bonds is 7. The van der Waals surface area contributed by atoms with E-state index in [0.717, 1.165) is 31.1 Å². The van der Waals surface area contributed by atoms with Crippen molar-refractivity contribution in [3.63, 3.8) is 0 Å². The fraction of sp³-hybridized carbons (Fsp3) is 0.632. The minimum absolute atomic E-state index is 0.0115. The summed E-state index contributed by atoms with van der Waals surface area (Å²) in [5.41, 5.74) is 1.91. The number of nitrogens with one attached hydrogen (secondary N) is 2. The Bertz CT molecular complexity index is 570. The first-order chi connectivity index (χ1) is 11.5. The molecule has 24 heavy (non-hydrogen) atoms. The van der Waals surface area contributed by atoms with Gasteiger partial charge in [0.25, 0.3) is 0 Å². The Labute approximate surface area is 144 Å². The first-order valence-electron chi connectivity index (χ1n) is 8.72. The molecular formula is C19H30FN3O. The van der Waals surface area contributed by atoms with Crippen molar-refractivity contribution in [3.05, 3.63) is 35.1 Å². The molecule has 4 nitrogen and oxygen atoms in total. The van der Waals surface area contributed by atoms with Crippen molar-refractivity contribution in [2.24, 2.45) is 10.4 Å². The molecule has 0 amide bonds. The predicted molar refractivity (Wildman–Crippen MR) is 96.8 cm³/mol. The fourth-order valence-electron chi connectivity index (χ4n) is 3.14. The quantitative estimate of drug-likeness (QED) is 0.591. The van der Waals surface area contributed by atoms with Gasteiger partial charge in [-0.05, 0) is 55.7 Å². The summed E-state index contributed by atoms with van der Waals surface area (Å²) in [7, 11) is 3.52. The Kier molecular flexibility index (Phi) is 6.60. The lowest BCUT2D eigenvalue weighted by Crippen LogP contribution is -2.47. The van der Waals surface area contributed by atoms with Gasteiger partial charge in [-0.3, -0.25) is 4.99 Å². The van der Waals surface area contributed by atoms with E-state index < -0.39 is 0 Å². The molecule has 0 aromatic heterocycles. The standard InChI is InChI=1S/C19H30FN3O/c1-14-6-7-16(12-17(14)20)15(2)23-18(21-3)22-13-19(8-5-9-19)10-11-24-4/h6-7,12,15H,5,8-11,13H2,1-4H3,(H2,21,22,23). The van der Waals surface area contributed by atoms with Crippen molar-refractivity contribution in [3.8, 4) is 0 Å². The third kappa shape index (κ3) is 4.69. The third-order valence-electron chi connectivity index (χ3n) is 5.15. The maximum Gasteiger partial charge on any atom is 0.191 e. The van der Waals surface area contributed by atoms with E-state index in [0.29, 0.717) is 11.0 Å². The highest BCUT2D eigenvalue weighted by molar-refractivity contribution is 5.80. The average Bonchev–Trinajstić information content (AvgIpc) is 2.54. The molecule has 2 N–H and O–H groups in total. The molecule has 5 heteroatoms. The summed E-state index contributed by atoms with van der Waals surface area (Å²) in [4.78, 5) is 4.30. The lowest BCUT2D eigenvalue weighted by atomic mass is 9.67. The van der Waals surface area contributed by atoms with Gasteiger partial charge in [0.15, 0.2) is 5.96 Å². The van der Waals surface area contributed by atoms with Gasteiger partial charge in [-0.2, -0.15) is 0 Å². The van der Waals surface area contributed by atoms with Crippen LogP contribution in [0, 0.1) is 18.2 Å². The monoisotopic (exact) mass is 335 g/mol. The highest BCUT2D eigenvalue weighted by Crippen LogP contribution is 2.43. The van der Waals surface area contributed by atoms with Crippen LogP contribution in [0.1, 0.15) is 49.8 Å². The number of benzene rings is 1. The first-order valence-corrected chi connectivity index (χ1v) is 8.72. The lowest BCUT2D eigenvalue weighted by Gasteiger charge is -2.42. The SMILES string of the molecule is CN=C(NCC1(CCOC)CCC1)NC(C)c1ccc(C)c(F)c1. The molecule has 0 spiro atoms. The van der Waals surface area contributed by atoms with Crippen LogP contribution in [-0.4, -0.2) is 33.3 Å². The number of aliphatic imine (C=N–C) groups is 1. The zero-order valence-electron chi connectivity index (χ0n) is 15.3. The van der Waals surface area contributed by atoms with E-state index in [1.165, 1.54) is 19.3 Å². The molecule has 0 aliphatic heterocycles. The zero-order valence-corrected chi connectivity index (χ0v) is 15.3. The van der Waals surface area contributed by atoms with E-state index in [9.17, 15) is 4.39 Å². The molecule has 1 aliphatic rings. The maximum absolute atomic E-state index is 13.7. The highest BCUT2D eigenvalue weighted by atomic mass is 19.1. The Balaban J connectivity index is 1.90. The van der Waals surface area contributed by atoms with Crippen LogP contribution >= 0.6 is 0 Å². The minimum atomic E-state index is -0.169. The normalized spacial score (nSPS) is 18.0. The number of nitrogens with zero attached hydrogens (tertiary/aromatic N) is 1. The second-order valence-electron chi connectivity index (χ2n) is 6.90. The number of guanidine groups is 1. The summed E-state index contributed by atoms with van der Waals surface area (Å²) >= 11 is 0.